The van der Waals surface area contributed by atoms with Gasteiger partial charge in [-0.05, 0) is 43.0 Å². The fourth-order valence-corrected chi connectivity index (χ4v) is 3.48. The van der Waals surface area contributed by atoms with Crippen molar-refractivity contribution in [3.63, 3.8) is 0 Å². The highest BCUT2D eigenvalue weighted by atomic mass is 19.1. The number of fused-ring (bicyclic) bond motifs is 3. The Balaban J connectivity index is 1.71. The number of hydrogen-bond acceptors (Lipinski definition) is 5. The zero-order valence-electron chi connectivity index (χ0n) is 15.7. The molecule has 150 valence electrons. The molecule has 0 unspecified atom stereocenters. The van der Waals surface area contributed by atoms with Gasteiger partial charge in [-0.3, -0.25) is 0 Å². The van der Waals surface area contributed by atoms with Crippen molar-refractivity contribution in [2.24, 2.45) is 5.92 Å². The quantitative estimate of drug-likeness (QED) is 0.461. The molecule has 0 aliphatic heterocycles. The van der Waals surface area contributed by atoms with Crippen LogP contribution in [0.1, 0.15) is 29.0 Å². The number of halogens is 2. The molecular formula is C22H16F2N4O2. The Kier molecular flexibility index (Phi) is 4.27. The molecule has 2 heterocycles. The van der Waals surface area contributed by atoms with Crippen LogP contribution in [-0.4, -0.2) is 26.0 Å². The summed E-state index contributed by atoms with van der Waals surface area (Å²) in [5, 5.41) is 13.6. The number of anilines is 2. The molecule has 0 atom stereocenters. The van der Waals surface area contributed by atoms with E-state index in [1.165, 1.54) is 12.1 Å². The summed E-state index contributed by atoms with van der Waals surface area (Å²) in [5.41, 5.74) is 1.20. The number of rotatable bonds is 5. The highest BCUT2D eigenvalue weighted by Crippen LogP contribution is 2.34. The molecule has 30 heavy (non-hydrogen) atoms. The minimum absolute atomic E-state index is 0.0865. The van der Waals surface area contributed by atoms with E-state index >= 15 is 0 Å². The van der Waals surface area contributed by atoms with E-state index in [4.69, 9.17) is 0 Å². The van der Waals surface area contributed by atoms with Gasteiger partial charge in [0.1, 0.15) is 23.0 Å². The molecule has 4 aromatic rings. The number of hydrogen-bond donors (Lipinski definition) is 2. The maximum Gasteiger partial charge on any atom is 0.335 e. The number of aromatic carboxylic acids is 1. The molecule has 0 saturated heterocycles. The molecule has 1 saturated carbocycles. The molecule has 8 heteroatoms. The van der Waals surface area contributed by atoms with E-state index in [1.807, 2.05) is 0 Å². The van der Waals surface area contributed by atoms with Crippen LogP contribution in [0.4, 0.5) is 20.3 Å². The summed E-state index contributed by atoms with van der Waals surface area (Å²) < 4.78 is 27.3. The first-order valence-electron chi connectivity index (χ1n) is 9.52. The summed E-state index contributed by atoms with van der Waals surface area (Å²) in [6, 6.07) is 7.71. The van der Waals surface area contributed by atoms with Gasteiger partial charge in [0.25, 0.3) is 0 Å². The molecule has 1 aliphatic carbocycles. The number of benzene rings is 2. The van der Waals surface area contributed by atoms with Gasteiger partial charge >= 0.3 is 5.97 Å². The van der Waals surface area contributed by atoms with E-state index in [-0.39, 0.29) is 17.1 Å². The van der Waals surface area contributed by atoms with E-state index in [2.05, 4.69) is 20.3 Å². The van der Waals surface area contributed by atoms with Gasteiger partial charge < -0.3 is 10.4 Å². The van der Waals surface area contributed by atoms with Crippen molar-refractivity contribution in [1.82, 2.24) is 15.0 Å². The molecule has 5 rings (SSSR count). The fraction of sp³-hybridized carbons (Fsp3) is 0.182. The summed E-state index contributed by atoms with van der Waals surface area (Å²) in [7, 11) is 0. The predicted molar refractivity (Wildman–Crippen MR) is 108 cm³/mol. The van der Waals surface area contributed by atoms with E-state index in [0.29, 0.717) is 33.5 Å². The Morgan fingerprint density at radius 1 is 1.07 bits per heavy atom. The molecule has 6 nitrogen and oxygen atoms in total. The summed E-state index contributed by atoms with van der Waals surface area (Å²) in [6.07, 6.45) is 4.77. The largest absolute Gasteiger partial charge is 0.478 e. The first-order valence-corrected chi connectivity index (χ1v) is 9.52. The molecule has 1 fully saturated rings. The number of carboxylic acids is 1. The predicted octanol–water partition coefficient (Wildman–Crippen LogP) is 4.85. The average molecular weight is 406 g/mol. The van der Waals surface area contributed by atoms with Gasteiger partial charge in [-0.15, -0.1) is 0 Å². The second kappa shape index (κ2) is 6.98. The SMILES string of the molecule is O=C(O)c1ccc2c(c1)nc(Nc1cc(F)cc(F)c1)c1nc(CC3CC3)ncc12. The van der Waals surface area contributed by atoms with Crippen molar-refractivity contribution in [3.05, 3.63) is 65.6 Å². The van der Waals surface area contributed by atoms with Gasteiger partial charge in [-0.1, -0.05) is 6.07 Å². The molecule has 0 bridgehead atoms. The molecule has 0 amide bonds. The number of pyridine rings is 1. The number of carbonyl (C=O) groups is 1. The van der Waals surface area contributed by atoms with Crippen LogP contribution in [0.5, 0.6) is 0 Å². The summed E-state index contributed by atoms with van der Waals surface area (Å²) >= 11 is 0. The van der Waals surface area contributed by atoms with Gasteiger partial charge in [-0.2, -0.15) is 0 Å². The number of nitrogens with one attached hydrogen (secondary N) is 1. The fourth-order valence-electron chi connectivity index (χ4n) is 3.48. The van der Waals surface area contributed by atoms with Gasteiger partial charge in [-0.25, -0.2) is 28.5 Å². The van der Waals surface area contributed by atoms with Crippen LogP contribution < -0.4 is 5.32 Å². The van der Waals surface area contributed by atoms with E-state index in [0.717, 1.165) is 37.5 Å². The maximum atomic E-state index is 13.7. The smallest absolute Gasteiger partial charge is 0.335 e. The lowest BCUT2D eigenvalue weighted by molar-refractivity contribution is 0.0697. The minimum atomic E-state index is -1.07. The van der Waals surface area contributed by atoms with Crippen LogP contribution in [0, 0.1) is 17.6 Å². The zero-order valence-corrected chi connectivity index (χ0v) is 15.7. The van der Waals surface area contributed by atoms with E-state index < -0.39 is 17.6 Å². The molecular weight excluding hydrogens is 390 g/mol. The van der Waals surface area contributed by atoms with Gasteiger partial charge in [0.05, 0.1) is 11.1 Å². The normalized spacial score (nSPS) is 13.7. The van der Waals surface area contributed by atoms with Crippen LogP contribution in [0.3, 0.4) is 0 Å². The highest BCUT2D eigenvalue weighted by molar-refractivity contribution is 6.09. The summed E-state index contributed by atoms with van der Waals surface area (Å²) in [4.78, 5) is 25.0. The Labute approximate surface area is 169 Å². The topological polar surface area (TPSA) is 88.0 Å². The zero-order chi connectivity index (χ0) is 20.8. The van der Waals surface area contributed by atoms with Crippen molar-refractivity contribution in [1.29, 1.82) is 0 Å². The lowest BCUT2D eigenvalue weighted by atomic mass is 10.1. The minimum Gasteiger partial charge on any atom is -0.478 e. The van der Waals surface area contributed by atoms with Crippen LogP contribution in [0.15, 0.2) is 42.6 Å². The average Bonchev–Trinajstić information content (AvgIpc) is 3.51. The lowest BCUT2D eigenvalue weighted by Crippen LogP contribution is -2.03. The third-order valence-electron chi connectivity index (χ3n) is 5.12. The standard InChI is InChI=1S/C22H16F2N4O2/c23-13-7-14(24)9-15(8-13)26-21-20-17(10-25-19(28-20)5-11-1-2-11)16-4-3-12(22(29)30)6-18(16)27-21/h3-4,6-11H,1-2,5H2,(H,26,27)(H,29,30). The lowest BCUT2D eigenvalue weighted by Gasteiger charge is -2.12. The Morgan fingerprint density at radius 3 is 2.53 bits per heavy atom. The van der Waals surface area contributed by atoms with E-state index in [9.17, 15) is 18.7 Å². The van der Waals surface area contributed by atoms with Gasteiger partial charge in [0.2, 0.25) is 0 Å². The Hall–Kier alpha value is -3.68. The molecule has 2 N–H and O–H groups in total. The Bertz CT molecular complexity index is 1300. The second-order valence-corrected chi connectivity index (χ2v) is 7.48. The number of carboxylic acid groups (broad SMARTS) is 1. The first kappa shape index (κ1) is 18.4. The van der Waals surface area contributed by atoms with Crippen LogP contribution >= 0.6 is 0 Å². The van der Waals surface area contributed by atoms with Crippen molar-refractivity contribution in [2.75, 3.05) is 5.32 Å². The number of aromatic nitrogens is 3. The van der Waals surface area contributed by atoms with Crippen LogP contribution in [0.2, 0.25) is 0 Å². The molecule has 2 aromatic carbocycles. The van der Waals surface area contributed by atoms with Crippen molar-refractivity contribution < 1.29 is 18.7 Å². The first-order chi connectivity index (χ1) is 14.5. The van der Waals surface area contributed by atoms with Crippen molar-refractivity contribution in [3.8, 4) is 0 Å². The highest BCUT2D eigenvalue weighted by Gasteiger charge is 2.23. The third-order valence-corrected chi connectivity index (χ3v) is 5.12. The second-order valence-electron chi connectivity index (χ2n) is 7.48. The molecule has 0 radical (unpaired) electrons. The third kappa shape index (κ3) is 3.52. The van der Waals surface area contributed by atoms with Gasteiger partial charge in [0.15, 0.2) is 5.82 Å². The molecule has 1 aliphatic rings. The van der Waals surface area contributed by atoms with Gasteiger partial charge in [0, 0.05) is 35.1 Å². The summed E-state index contributed by atoms with van der Waals surface area (Å²) in [5.74, 6) is -0.967. The number of nitrogens with zero attached hydrogens (tertiary/aromatic N) is 3. The van der Waals surface area contributed by atoms with Crippen molar-refractivity contribution >= 4 is 39.3 Å². The Morgan fingerprint density at radius 2 is 1.83 bits per heavy atom. The van der Waals surface area contributed by atoms with Crippen LogP contribution in [0.25, 0.3) is 21.8 Å². The van der Waals surface area contributed by atoms with Crippen LogP contribution in [-0.2, 0) is 6.42 Å². The van der Waals surface area contributed by atoms with E-state index in [1.54, 1.807) is 12.3 Å². The monoisotopic (exact) mass is 406 g/mol. The van der Waals surface area contributed by atoms with Crippen molar-refractivity contribution in [2.45, 2.75) is 19.3 Å². The maximum absolute atomic E-state index is 13.7. The molecule has 2 aromatic heterocycles. The molecule has 0 spiro atoms. The summed E-state index contributed by atoms with van der Waals surface area (Å²) in [6.45, 7) is 0.